The first-order valence-corrected chi connectivity index (χ1v) is 8.72. The number of nitrogens with one attached hydrogen (secondary N) is 1. The maximum absolute atomic E-state index is 13.2. The number of anilines is 1. The van der Waals surface area contributed by atoms with E-state index in [2.05, 4.69) is 15.4 Å². The van der Waals surface area contributed by atoms with E-state index in [1.807, 2.05) is 43.1 Å². The first kappa shape index (κ1) is 19.0. The number of halogens is 2. The van der Waals surface area contributed by atoms with Crippen molar-refractivity contribution >= 4 is 23.2 Å². The zero-order valence-corrected chi connectivity index (χ0v) is 15.7. The lowest BCUT2D eigenvalue weighted by Gasteiger charge is -2.24. The Morgan fingerprint density at radius 1 is 1.30 bits per heavy atom. The maximum Gasteiger partial charge on any atom is 0.238 e. The van der Waals surface area contributed by atoms with Crippen molar-refractivity contribution in [2.24, 2.45) is 0 Å². The Balaban J connectivity index is 1.60. The van der Waals surface area contributed by atoms with Gasteiger partial charge in [-0.3, -0.25) is 9.69 Å². The zero-order valence-electron chi connectivity index (χ0n) is 14.9. The van der Waals surface area contributed by atoms with Crippen molar-refractivity contribution in [2.45, 2.75) is 13.0 Å². The SMILES string of the molecule is C[C@@H](c1ccc(-n2cncn2)cc1)N(C)CC(=O)Nc1ccc(F)c(Cl)c1. The Kier molecular flexibility index (Phi) is 5.83. The van der Waals surface area contributed by atoms with E-state index >= 15 is 0 Å². The Morgan fingerprint density at radius 2 is 2.04 bits per heavy atom. The van der Waals surface area contributed by atoms with Crippen LogP contribution in [0.5, 0.6) is 0 Å². The van der Waals surface area contributed by atoms with E-state index in [1.165, 1.54) is 24.5 Å². The topological polar surface area (TPSA) is 63.1 Å². The summed E-state index contributed by atoms with van der Waals surface area (Å²) in [5.74, 6) is -0.721. The molecule has 0 aliphatic carbocycles. The highest BCUT2D eigenvalue weighted by atomic mass is 35.5. The van der Waals surface area contributed by atoms with Gasteiger partial charge in [-0.05, 0) is 49.9 Å². The second kappa shape index (κ2) is 8.28. The molecule has 27 heavy (non-hydrogen) atoms. The van der Waals surface area contributed by atoms with Crippen LogP contribution in [-0.4, -0.2) is 39.2 Å². The normalized spacial score (nSPS) is 12.2. The van der Waals surface area contributed by atoms with Gasteiger partial charge >= 0.3 is 0 Å². The van der Waals surface area contributed by atoms with Crippen LogP contribution in [0.1, 0.15) is 18.5 Å². The van der Waals surface area contributed by atoms with Gasteiger partial charge in [0, 0.05) is 11.7 Å². The zero-order chi connectivity index (χ0) is 19.4. The fourth-order valence-corrected chi connectivity index (χ4v) is 2.82. The van der Waals surface area contributed by atoms with Crippen LogP contribution in [0.2, 0.25) is 5.02 Å². The Morgan fingerprint density at radius 3 is 2.67 bits per heavy atom. The van der Waals surface area contributed by atoms with Crippen LogP contribution in [0, 0.1) is 5.82 Å². The number of nitrogens with zero attached hydrogens (tertiary/aromatic N) is 4. The van der Waals surface area contributed by atoms with E-state index in [0.29, 0.717) is 5.69 Å². The summed E-state index contributed by atoms with van der Waals surface area (Å²) < 4.78 is 14.9. The number of likely N-dealkylation sites (N-methyl/N-ethyl adjacent to an activating group) is 1. The molecule has 1 amide bonds. The summed E-state index contributed by atoms with van der Waals surface area (Å²) in [6.45, 7) is 2.20. The second-order valence-electron chi connectivity index (χ2n) is 6.20. The highest BCUT2D eigenvalue weighted by Crippen LogP contribution is 2.21. The van der Waals surface area contributed by atoms with E-state index in [-0.39, 0.29) is 23.5 Å². The predicted octanol–water partition coefficient (Wildman–Crippen LogP) is 3.69. The molecule has 0 fully saturated rings. The molecule has 0 bridgehead atoms. The molecule has 8 heteroatoms. The number of aromatic nitrogens is 3. The highest BCUT2D eigenvalue weighted by Gasteiger charge is 2.15. The molecule has 1 heterocycles. The summed E-state index contributed by atoms with van der Waals surface area (Å²) in [4.78, 5) is 18.1. The summed E-state index contributed by atoms with van der Waals surface area (Å²) in [6.07, 6.45) is 3.12. The lowest BCUT2D eigenvalue weighted by atomic mass is 10.1. The molecule has 6 nitrogen and oxygen atoms in total. The minimum Gasteiger partial charge on any atom is -0.325 e. The summed E-state index contributed by atoms with van der Waals surface area (Å²) in [6, 6.07) is 12.0. The van der Waals surface area contributed by atoms with Crippen LogP contribution in [0.4, 0.5) is 10.1 Å². The van der Waals surface area contributed by atoms with Gasteiger partial charge in [0.1, 0.15) is 18.5 Å². The number of benzene rings is 2. The number of hydrogen-bond donors (Lipinski definition) is 1. The van der Waals surface area contributed by atoms with Crippen LogP contribution in [0.25, 0.3) is 5.69 Å². The third-order valence-electron chi connectivity index (χ3n) is 4.32. The monoisotopic (exact) mass is 387 g/mol. The maximum atomic E-state index is 13.2. The van der Waals surface area contributed by atoms with Gasteiger partial charge in [-0.15, -0.1) is 0 Å². The average Bonchev–Trinajstić information content (AvgIpc) is 3.19. The molecule has 140 valence electrons. The van der Waals surface area contributed by atoms with Crippen LogP contribution in [0.15, 0.2) is 55.1 Å². The molecule has 0 saturated carbocycles. The second-order valence-corrected chi connectivity index (χ2v) is 6.61. The van der Waals surface area contributed by atoms with Gasteiger partial charge in [0.2, 0.25) is 5.91 Å². The molecule has 2 aromatic carbocycles. The molecule has 3 rings (SSSR count). The fraction of sp³-hybridized carbons (Fsp3) is 0.211. The molecule has 1 N–H and O–H groups in total. The predicted molar refractivity (Wildman–Crippen MR) is 102 cm³/mol. The first-order chi connectivity index (χ1) is 12.9. The van der Waals surface area contributed by atoms with Gasteiger partial charge in [0.25, 0.3) is 0 Å². The first-order valence-electron chi connectivity index (χ1n) is 8.34. The number of amides is 1. The van der Waals surface area contributed by atoms with Gasteiger partial charge in [-0.1, -0.05) is 23.7 Å². The molecule has 0 radical (unpaired) electrons. The van der Waals surface area contributed by atoms with E-state index in [1.54, 1.807) is 11.0 Å². The van der Waals surface area contributed by atoms with Crippen molar-refractivity contribution < 1.29 is 9.18 Å². The molecule has 0 aliphatic heterocycles. The number of rotatable bonds is 6. The van der Waals surface area contributed by atoms with Crippen LogP contribution in [-0.2, 0) is 4.79 Å². The summed E-state index contributed by atoms with van der Waals surface area (Å²) in [5, 5.41) is 6.79. The number of carbonyl (C=O) groups is 1. The molecular formula is C19H19ClFN5O. The summed E-state index contributed by atoms with van der Waals surface area (Å²) in [7, 11) is 1.87. The van der Waals surface area contributed by atoms with Crippen molar-refractivity contribution in [2.75, 3.05) is 18.9 Å². The molecular weight excluding hydrogens is 369 g/mol. The van der Waals surface area contributed by atoms with Crippen LogP contribution in [0.3, 0.4) is 0 Å². The minimum absolute atomic E-state index is 0.0253. The van der Waals surface area contributed by atoms with Gasteiger partial charge < -0.3 is 5.32 Å². The van der Waals surface area contributed by atoms with Crippen LogP contribution >= 0.6 is 11.6 Å². The van der Waals surface area contributed by atoms with Crippen molar-refractivity contribution in [3.8, 4) is 5.69 Å². The molecule has 0 unspecified atom stereocenters. The van der Waals surface area contributed by atoms with Crippen molar-refractivity contribution in [1.82, 2.24) is 19.7 Å². The quantitative estimate of drug-likeness (QED) is 0.700. The molecule has 0 saturated heterocycles. The van der Waals surface area contributed by atoms with Crippen LogP contribution < -0.4 is 5.32 Å². The van der Waals surface area contributed by atoms with E-state index in [0.717, 1.165) is 11.3 Å². The third kappa shape index (κ3) is 4.69. The lowest BCUT2D eigenvalue weighted by molar-refractivity contribution is -0.117. The molecule has 0 spiro atoms. The van der Waals surface area contributed by atoms with Crippen molar-refractivity contribution in [3.63, 3.8) is 0 Å². The van der Waals surface area contributed by atoms with E-state index in [9.17, 15) is 9.18 Å². The average molecular weight is 388 g/mol. The Labute approximate surface area is 161 Å². The molecule has 1 aromatic heterocycles. The van der Waals surface area contributed by atoms with E-state index in [4.69, 9.17) is 11.6 Å². The Hall–Kier alpha value is -2.77. The largest absolute Gasteiger partial charge is 0.325 e. The van der Waals surface area contributed by atoms with Gasteiger partial charge in [0.15, 0.2) is 0 Å². The number of carbonyl (C=O) groups excluding carboxylic acids is 1. The van der Waals surface area contributed by atoms with E-state index < -0.39 is 5.82 Å². The lowest BCUT2D eigenvalue weighted by Crippen LogP contribution is -2.32. The van der Waals surface area contributed by atoms with Crippen molar-refractivity contribution in [3.05, 3.63) is 71.5 Å². The standard InChI is InChI=1S/C19H19ClFN5O/c1-13(14-3-6-16(7-4-14)26-12-22-11-23-26)25(2)10-19(27)24-15-5-8-18(21)17(20)9-15/h3-9,11-13H,10H2,1-2H3,(H,24,27)/t13-/m0/s1. The smallest absolute Gasteiger partial charge is 0.238 e. The molecule has 1 atom stereocenters. The van der Waals surface area contributed by atoms with Crippen molar-refractivity contribution in [1.29, 1.82) is 0 Å². The van der Waals surface area contributed by atoms with Gasteiger partial charge in [-0.2, -0.15) is 5.10 Å². The van der Waals surface area contributed by atoms with Gasteiger partial charge in [0.05, 0.1) is 17.3 Å². The van der Waals surface area contributed by atoms with Gasteiger partial charge in [-0.25, -0.2) is 14.1 Å². The molecule has 0 aliphatic rings. The molecule has 3 aromatic rings. The fourth-order valence-electron chi connectivity index (χ4n) is 2.64. The summed E-state index contributed by atoms with van der Waals surface area (Å²) in [5.41, 5.74) is 2.45. The minimum atomic E-state index is -0.519. The number of hydrogen-bond acceptors (Lipinski definition) is 4. The highest BCUT2D eigenvalue weighted by molar-refractivity contribution is 6.31. The summed E-state index contributed by atoms with van der Waals surface area (Å²) >= 11 is 5.74. The Bertz CT molecular complexity index is 914. The third-order valence-corrected chi connectivity index (χ3v) is 4.61.